The molecule has 0 N–H and O–H groups in total. The Morgan fingerprint density at radius 2 is 2.00 bits per heavy atom. The Morgan fingerprint density at radius 3 is 2.67 bits per heavy atom. The highest BCUT2D eigenvalue weighted by molar-refractivity contribution is 7.09. The van der Waals surface area contributed by atoms with Crippen LogP contribution in [0, 0.1) is 0 Å². The van der Waals surface area contributed by atoms with Crippen LogP contribution < -0.4 is 4.90 Å². The summed E-state index contributed by atoms with van der Waals surface area (Å²) in [7, 11) is 3.22. The molecular weight excluding hydrogens is 303 g/mol. The van der Waals surface area contributed by atoms with E-state index in [2.05, 4.69) is 9.36 Å². The molecule has 8 heteroatoms. The summed E-state index contributed by atoms with van der Waals surface area (Å²) in [5.41, 5.74) is -0.422. The quantitative estimate of drug-likeness (QED) is 0.848. The van der Waals surface area contributed by atoms with Gasteiger partial charge in [0.05, 0.1) is 5.56 Å². The third-order valence-electron chi connectivity index (χ3n) is 2.79. The van der Waals surface area contributed by atoms with Gasteiger partial charge in [0, 0.05) is 32.2 Å². The van der Waals surface area contributed by atoms with Crippen LogP contribution >= 0.6 is 11.5 Å². The standard InChI is InChI=1S/C13H14F3N3OS/c1-19(12-17-11(8-20-2)18-21-12)7-9-5-3-4-6-10(9)13(14,15)16/h3-6H,7-8H2,1-2H3. The number of halogens is 3. The molecule has 21 heavy (non-hydrogen) atoms. The fourth-order valence-corrected chi connectivity index (χ4v) is 2.48. The minimum atomic E-state index is -4.36. The summed E-state index contributed by atoms with van der Waals surface area (Å²) in [6, 6.07) is 5.53. The summed E-state index contributed by atoms with van der Waals surface area (Å²) < 4.78 is 47.8. The molecule has 2 rings (SSSR count). The Bertz CT molecular complexity index is 600. The van der Waals surface area contributed by atoms with Crippen molar-refractivity contribution in [2.45, 2.75) is 19.3 Å². The second kappa shape index (κ2) is 6.40. The second-order valence-electron chi connectivity index (χ2n) is 4.44. The Kier molecular flexibility index (Phi) is 4.79. The zero-order valence-corrected chi connectivity index (χ0v) is 12.3. The molecule has 0 bridgehead atoms. The number of aromatic nitrogens is 2. The molecule has 0 spiro atoms. The van der Waals surface area contributed by atoms with Gasteiger partial charge in [0.25, 0.3) is 0 Å². The smallest absolute Gasteiger partial charge is 0.377 e. The highest BCUT2D eigenvalue weighted by Crippen LogP contribution is 2.32. The second-order valence-corrected chi connectivity index (χ2v) is 5.17. The van der Waals surface area contributed by atoms with E-state index in [1.165, 1.54) is 19.2 Å². The van der Waals surface area contributed by atoms with Crippen LogP contribution in [-0.2, 0) is 24.1 Å². The lowest BCUT2D eigenvalue weighted by Gasteiger charge is -2.18. The van der Waals surface area contributed by atoms with E-state index in [-0.39, 0.29) is 18.7 Å². The first-order valence-corrected chi connectivity index (χ1v) is 6.87. The van der Waals surface area contributed by atoms with Crippen molar-refractivity contribution in [3.05, 3.63) is 41.2 Å². The van der Waals surface area contributed by atoms with E-state index in [4.69, 9.17) is 4.74 Å². The average molecular weight is 317 g/mol. The van der Waals surface area contributed by atoms with Gasteiger partial charge in [-0.1, -0.05) is 18.2 Å². The van der Waals surface area contributed by atoms with Crippen molar-refractivity contribution < 1.29 is 17.9 Å². The van der Waals surface area contributed by atoms with Crippen molar-refractivity contribution in [3.8, 4) is 0 Å². The minimum Gasteiger partial charge on any atom is -0.377 e. The number of nitrogens with zero attached hydrogens (tertiary/aromatic N) is 3. The first kappa shape index (κ1) is 15.7. The summed E-state index contributed by atoms with van der Waals surface area (Å²) in [6.07, 6.45) is -4.36. The van der Waals surface area contributed by atoms with Gasteiger partial charge in [0.2, 0.25) is 5.13 Å². The predicted molar refractivity (Wildman–Crippen MR) is 74.2 cm³/mol. The van der Waals surface area contributed by atoms with Crippen LogP contribution in [0.5, 0.6) is 0 Å². The molecule has 0 atom stereocenters. The summed E-state index contributed by atoms with van der Waals surface area (Å²) in [4.78, 5) is 5.86. The maximum atomic E-state index is 12.9. The number of rotatable bonds is 5. The maximum Gasteiger partial charge on any atom is 0.416 e. The van der Waals surface area contributed by atoms with Crippen LogP contribution in [0.3, 0.4) is 0 Å². The molecule has 0 aliphatic rings. The molecule has 2 aromatic rings. The van der Waals surface area contributed by atoms with Crippen LogP contribution in [0.15, 0.2) is 24.3 Å². The molecule has 114 valence electrons. The first-order valence-electron chi connectivity index (χ1n) is 6.09. The van der Waals surface area contributed by atoms with Crippen LogP contribution in [0.1, 0.15) is 17.0 Å². The lowest BCUT2D eigenvalue weighted by Crippen LogP contribution is -2.19. The highest BCUT2D eigenvalue weighted by Gasteiger charge is 2.33. The van der Waals surface area contributed by atoms with E-state index < -0.39 is 11.7 Å². The Labute approximate surface area is 124 Å². The summed E-state index contributed by atoms with van der Waals surface area (Å²) in [6.45, 7) is 0.390. The number of hydrogen-bond donors (Lipinski definition) is 0. The van der Waals surface area contributed by atoms with Gasteiger partial charge in [-0.15, -0.1) is 0 Å². The molecule has 1 aromatic heterocycles. The zero-order valence-electron chi connectivity index (χ0n) is 11.5. The normalized spacial score (nSPS) is 11.7. The van der Waals surface area contributed by atoms with Crippen molar-refractivity contribution in [1.29, 1.82) is 0 Å². The molecule has 0 aliphatic heterocycles. The fraction of sp³-hybridized carbons (Fsp3) is 0.385. The molecule has 0 radical (unpaired) electrons. The molecule has 0 amide bonds. The number of anilines is 1. The number of ether oxygens (including phenoxy) is 1. The molecule has 0 unspecified atom stereocenters. The summed E-state index contributed by atoms with van der Waals surface area (Å²) in [5.74, 6) is 0.522. The van der Waals surface area contributed by atoms with Crippen LogP contribution in [-0.4, -0.2) is 23.5 Å². The summed E-state index contributed by atoms with van der Waals surface area (Å²) >= 11 is 1.13. The number of benzene rings is 1. The Morgan fingerprint density at radius 1 is 1.29 bits per heavy atom. The van der Waals surface area contributed by atoms with Gasteiger partial charge in [0.15, 0.2) is 5.82 Å². The number of methoxy groups -OCH3 is 1. The van der Waals surface area contributed by atoms with E-state index in [0.717, 1.165) is 17.6 Å². The average Bonchev–Trinajstić information content (AvgIpc) is 2.87. The number of hydrogen-bond acceptors (Lipinski definition) is 5. The van der Waals surface area contributed by atoms with Crippen LogP contribution in [0.2, 0.25) is 0 Å². The van der Waals surface area contributed by atoms with E-state index in [9.17, 15) is 13.2 Å². The van der Waals surface area contributed by atoms with E-state index in [0.29, 0.717) is 11.0 Å². The molecule has 4 nitrogen and oxygen atoms in total. The molecule has 0 saturated heterocycles. The third-order valence-corrected chi connectivity index (χ3v) is 3.66. The van der Waals surface area contributed by atoms with Gasteiger partial charge < -0.3 is 9.64 Å². The summed E-state index contributed by atoms with van der Waals surface area (Å²) in [5, 5.41) is 0.555. The van der Waals surface area contributed by atoms with Gasteiger partial charge in [-0.3, -0.25) is 0 Å². The zero-order chi connectivity index (χ0) is 15.5. The van der Waals surface area contributed by atoms with Gasteiger partial charge in [-0.05, 0) is 11.6 Å². The molecule has 0 fully saturated rings. The number of alkyl halides is 3. The van der Waals surface area contributed by atoms with Crippen molar-refractivity contribution in [2.75, 3.05) is 19.1 Å². The predicted octanol–water partition coefficient (Wildman–Crippen LogP) is 3.34. The monoisotopic (exact) mass is 317 g/mol. The van der Waals surface area contributed by atoms with Crippen molar-refractivity contribution >= 4 is 16.7 Å². The molecule has 0 saturated carbocycles. The van der Waals surface area contributed by atoms with Crippen molar-refractivity contribution in [1.82, 2.24) is 9.36 Å². The van der Waals surface area contributed by atoms with E-state index >= 15 is 0 Å². The lowest BCUT2D eigenvalue weighted by molar-refractivity contribution is -0.138. The van der Waals surface area contributed by atoms with E-state index in [1.807, 2.05) is 0 Å². The maximum absolute atomic E-state index is 12.9. The van der Waals surface area contributed by atoms with Gasteiger partial charge in [-0.2, -0.15) is 17.5 Å². The third kappa shape index (κ3) is 3.92. The SMILES string of the molecule is COCc1nsc(N(C)Cc2ccccc2C(F)(F)F)n1. The highest BCUT2D eigenvalue weighted by atomic mass is 32.1. The van der Waals surface area contributed by atoms with Gasteiger partial charge in [-0.25, -0.2) is 4.98 Å². The van der Waals surface area contributed by atoms with E-state index in [1.54, 1.807) is 18.0 Å². The fourth-order valence-electron chi connectivity index (χ4n) is 1.85. The molecular formula is C13H14F3N3OS. The van der Waals surface area contributed by atoms with Crippen LogP contribution in [0.25, 0.3) is 0 Å². The molecule has 1 heterocycles. The molecule has 1 aromatic carbocycles. The van der Waals surface area contributed by atoms with Crippen molar-refractivity contribution in [3.63, 3.8) is 0 Å². The Balaban J connectivity index is 2.17. The van der Waals surface area contributed by atoms with Crippen molar-refractivity contribution in [2.24, 2.45) is 0 Å². The van der Waals surface area contributed by atoms with Crippen LogP contribution in [0.4, 0.5) is 18.3 Å². The van der Waals surface area contributed by atoms with Gasteiger partial charge >= 0.3 is 6.18 Å². The Hall–Kier alpha value is -1.67. The topological polar surface area (TPSA) is 38.2 Å². The van der Waals surface area contributed by atoms with Gasteiger partial charge in [0.1, 0.15) is 6.61 Å². The molecule has 0 aliphatic carbocycles. The minimum absolute atomic E-state index is 0.108. The first-order chi connectivity index (χ1) is 9.91. The largest absolute Gasteiger partial charge is 0.416 e. The lowest BCUT2D eigenvalue weighted by atomic mass is 10.1.